The molecule has 0 saturated carbocycles. The van der Waals surface area contributed by atoms with E-state index in [1.54, 1.807) is 0 Å². The van der Waals surface area contributed by atoms with Crippen molar-refractivity contribution >= 4 is 15.0 Å². The molecule has 0 radical (unpaired) electrons. The molecule has 1 aromatic rings. The minimum atomic E-state index is 0.735. The summed E-state index contributed by atoms with van der Waals surface area (Å²) in [6.07, 6.45) is 2.34. The third-order valence-electron chi connectivity index (χ3n) is 1.72. The fourth-order valence-corrected chi connectivity index (χ4v) is 3.07. The Morgan fingerprint density at radius 1 is 1.23 bits per heavy atom. The molecule has 0 atom stereocenters. The Kier molecular flexibility index (Phi) is 4.88. The summed E-state index contributed by atoms with van der Waals surface area (Å²) in [5.41, 5.74) is 2.92. The summed E-state index contributed by atoms with van der Waals surface area (Å²) in [6.45, 7) is 4.33. The van der Waals surface area contributed by atoms with Gasteiger partial charge in [0.2, 0.25) is 0 Å². The van der Waals surface area contributed by atoms with Crippen LogP contribution >= 0.6 is 0 Å². The van der Waals surface area contributed by atoms with E-state index in [1.165, 1.54) is 21.8 Å². The van der Waals surface area contributed by atoms with Crippen LogP contribution in [0.5, 0.6) is 0 Å². The first-order chi connectivity index (χ1) is 6.29. The van der Waals surface area contributed by atoms with Crippen LogP contribution in [0.4, 0.5) is 0 Å². The predicted octanol–water partition coefficient (Wildman–Crippen LogP) is 3.28. The Morgan fingerprint density at radius 2 is 1.92 bits per heavy atom. The molecule has 0 fully saturated rings. The van der Waals surface area contributed by atoms with Gasteiger partial charge in [-0.05, 0) is 0 Å². The number of allylic oxidation sites excluding steroid dienone is 2. The summed E-state index contributed by atoms with van der Waals surface area (Å²) in [5, 5.41) is 2.53. The van der Waals surface area contributed by atoms with E-state index in [4.69, 9.17) is 0 Å². The van der Waals surface area contributed by atoms with Gasteiger partial charge in [-0.3, -0.25) is 0 Å². The maximum absolute atomic E-state index is 2.34. The van der Waals surface area contributed by atoms with Gasteiger partial charge in [0.05, 0.1) is 0 Å². The van der Waals surface area contributed by atoms with Gasteiger partial charge in [-0.25, -0.2) is 0 Å². The van der Waals surface area contributed by atoms with Crippen molar-refractivity contribution in [3.8, 4) is 0 Å². The predicted molar refractivity (Wildman–Crippen MR) is 60.1 cm³/mol. The summed E-state index contributed by atoms with van der Waals surface area (Å²) in [7, 11) is 0. The summed E-state index contributed by atoms with van der Waals surface area (Å²) in [4.78, 5) is 0. The van der Waals surface area contributed by atoms with Gasteiger partial charge in [-0.15, -0.1) is 0 Å². The van der Waals surface area contributed by atoms with E-state index in [9.17, 15) is 0 Å². The molecule has 1 aromatic carbocycles. The van der Waals surface area contributed by atoms with Gasteiger partial charge in [0, 0.05) is 0 Å². The van der Waals surface area contributed by atoms with E-state index < -0.39 is 0 Å². The van der Waals surface area contributed by atoms with E-state index >= 15 is 0 Å². The van der Waals surface area contributed by atoms with Crippen LogP contribution in [0.2, 0.25) is 5.32 Å². The summed E-state index contributed by atoms with van der Waals surface area (Å²) >= 11 is 0.735. The standard InChI is InChI=1S/C12H16Se/c1-11(2)8-9-13-10-12-6-4-3-5-7-12/h3-8H,9-10H2,1-2H3. The first-order valence-electron chi connectivity index (χ1n) is 4.54. The Balaban J connectivity index is 2.25. The van der Waals surface area contributed by atoms with Crippen LogP contribution in [-0.4, -0.2) is 15.0 Å². The van der Waals surface area contributed by atoms with Gasteiger partial charge in [-0.1, -0.05) is 0 Å². The van der Waals surface area contributed by atoms with E-state index in [0.717, 1.165) is 15.0 Å². The average molecular weight is 239 g/mol. The van der Waals surface area contributed by atoms with Crippen LogP contribution in [0.15, 0.2) is 42.0 Å². The van der Waals surface area contributed by atoms with Crippen LogP contribution in [0.3, 0.4) is 0 Å². The Morgan fingerprint density at radius 3 is 2.54 bits per heavy atom. The maximum atomic E-state index is 2.34. The van der Waals surface area contributed by atoms with E-state index in [1.807, 2.05) is 0 Å². The van der Waals surface area contributed by atoms with E-state index in [0.29, 0.717) is 0 Å². The van der Waals surface area contributed by atoms with E-state index in [-0.39, 0.29) is 0 Å². The molecule has 70 valence electrons. The van der Waals surface area contributed by atoms with Crippen molar-refractivity contribution in [3.05, 3.63) is 47.5 Å². The monoisotopic (exact) mass is 240 g/mol. The van der Waals surface area contributed by atoms with Gasteiger partial charge in [-0.2, -0.15) is 0 Å². The molecule has 0 heterocycles. The van der Waals surface area contributed by atoms with Crippen LogP contribution in [0, 0.1) is 0 Å². The van der Waals surface area contributed by atoms with E-state index in [2.05, 4.69) is 50.3 Å². The molecule has 1 rings (SSSR count). The van der Waals surface area contributed by atoms with Gasteiger partial charge in [0.15, 0.2) is 0 Å². The Labute approximate surface area is 87.2 Å². The number of hydrogen-bond donors (Lipinski definition) is 0. The first kappa shape index (κ1) is 10.6. The molecule has 0 aliphatic rings. The molecular weight excluding hydrogens is 223 g/mol. The molecule has 0 aliphatic heterocycles. The molecular formula is C12H16Se. The first-order valence-corrected chi connectivity index (χ1v) is 6.96. The molecule has 1 heteroatoms. The quantitative estimate of drug-likeness (QED) is 0.429. The van der Waals surface area contributed by atoms with Crippen LogP contribution in [-0.2, 0) is 5.32 Å². The topological polar surface area (TPSA) is 0 Å². The summed E-state index contributed by atoms with van der Waals surface area (Å²) in [5.74, 6) is 0. The third-order valence-corrected chi connectivity index (χ3v) is 3.69. The molecule has 0 spiro atoms. The van der Waals surface area contributed by atoms with Crippen LogP contribution < -0.4 is 0 Å². The van der Waals surface area contributed by atoms with Crippen molar-refractivity contribution in [2.24, 2.45) is 0 Å². The molecule has 13 heavy (non-hydrogen) atoms. The normalized spacial score (nSPS) is 9.69. The third kappa shape index (κ3) is 4.92. The molecule has 0 bridgehead atoms. The van der Waals surface area contributed by atoms with Crippen molar-refractivity contribution in [1.29, 1.82) is 0 Å². The van der Waals surface area contributed by atoms with Crippen molar-refractivity contribution < 1.29 is 0 Å². The second kappa shape index (κ2) is 6.01. The zero-order valence-electron chi connectivity index (χ0n) is 8.29. The molecule has 0 nitrogen and oxygen atoms in total. The molecule has 0 N–H and O–H groups in total. The van der Waals surface area contributed by atoms with Gasteiger partial charge in [0.1, 0.15) is 0 Å². The number of rotatable bonds is 4. The summed E-state index contributed by atoms with van der Waals surface area (Å²) in [6, 6.07) is 10.7. The molecule has 0 saturated heterocycles. The fourth-order valence-electron chi connectivity index (χ4n) is 0.977. The van der Waals surface area contributed by atoms with Crippen molar-refractivity contribution in [1.82, 2.24) is 0 Å². The number of benzene rings is 1. The fraction of sp³-hybridized carbons (Fsp3) is 0.333. The molecule has 0 unspecified atom stereocenters. The van der Waals surface area contributed by atoms with Crippen molar-refractivity contribution in [3.63, 3.8) is 0 Å². The second-order valence-electron chi connectivity index (χ2n) is 3.28. The number of hydrogen-bond acceptors (Lipinski definition) is 0. The van der Waals surface area contributed by atoms with Gasteiger partial charge < -0.3 is 0 Å². The summed E-state index contributed by atoms with van der Waals surface area (Å²) < 4.78 is 0. The van der Waals surface area contributed by atoms with Crippen molar-refractivity contribution in [2.45, 2.75) is 24.5 Å². The Bertz CT molecular complexity index is 258. The molecule has 0 aromatic heterocycles. The SMILES string of the molecule is CC(C)=CC[Se]Cc1ccccc1. The van der Waals surface area contributed by atoms with Crippen LogP contribution in [0.1, 0.15) is 19.4 Å². The second-order valence-corrected chi connectivity index (χ2v) is 5.44. The van der Waals surface area contributed by atoms with Crippen molar-refractivity contribution in [2.75, 3.05) is 0 Å². The van der Waals surface area contributed by atoms with Gasteiger partial charge >= 0.3 is 87.0 Å². The molecule has 0 aliphatic carbocycles. The minimum absolute atomic E-state index is 0.735. The Hall–Kier alpha value is -0.521. The zero-order chi connectivity index (χ0) is 9.52. The average Bonchev–Trinajstić information content (AvgIpc) is 2.14. The molecule has 0 amide bonds. The van der Waals surface area contributed by atoms with Gasteiger partial charge in [0.25, 0.3) is 0 Å². The zero-order valence-corrected chi connectivity index (χ0v) is 10.00. The van der Waals surface area contributed by atoms with Crippen LogP contribution in [0.25, 0.3) is 0 Å².